The van der Waals surface area contributed by atoms with Crippen LogP contribution in [0.3, 0.4) is 0 Å². The van der Waals surface area contributed by atoms with E-state index in [-0.39, 0.29) is 17.6 Å². The highest BCUT2D eigenvalue weighted by atomic mass is 32.2. The van der Waals surface area contributed by atoms with Crippen LogP contribution in [0, 0.1) is 0 Å². The zero-order valence-corrected chi connectivity index (χ0v) is 15.4. The molecule has 2 aromatic rings. The Bertz CT molecular complexity index is 846. The zero-order chi connectivity index (χ0) is 18.6. The lowest BCUT2D eigenvalue weighted by Gasteiger charge is -2.31. The molecule has 0 saturated carbocycles. The van der Waals surface area contributed by atoms with Gasteiger partial charge in [-0.3, -0.25) is 9.78 Å². The fourth-order valence-electron chi connectivity index (χ4n) is 2.96. The largest absolute Gasteiger partial charge is 0.348 e. The number of nitrogens with one attached hydrogen (secondary N) is 1. The number of rotatable bonds is 5. The summed E-state index contributed by atoms with van der Waals surface area (Å²) in [6.07, 6.45) is 6.39. The molecule has 1 aliphatic rings. The molecule has 0 aliphatic carbocycles. The molecule has 8 heteroatoms. The molecule has 3 rings (SSSR count). The molecule has 1 aromatic heterocycles. The topological polar surface area (TPSA) is 92.3 Å². The number of aryl methyl sites for hydroxylation is 1. The molecule has 0 unspecified atom stereocenters. The summed E-state index contributed by atoms with van der Waals surface area (Å²) in [6, 6.07) is 6.95. The van der Waals surface area contributed by atoms with Crippen molar-refractivity contribution in [2.24, 2.45) is 0 Å². The lowest BCUT2D eigenvalue weighted by Crippen LogP contribution is -2.46. The van der Waals surface area contributed by atoms with E-state index in [9.17, 15) is 13.2 Å². The first-order valence-corrected chi connectivity index (χ1v) is 10.1. The number of benzene rings is 1. The Morgan fingerprint density at radius 1 is 1.19 bits per heavy atom. The van der Waals surface area contributed by atoms with E-state index in [1.165, 1.54) is 22.9 Å². The predicted octanol–water partition coefficient (Wildman–Crippen LogP) is 1.62. The van der Waals surface area contributed by atoms with E-state index >= 15 is 0 Å². The highest BCUT2D eigenvalue weighted by Gasteiger charge is 2.30. The molecule has 0 radical (unpaired) electrons. The third kappa shape index (κ3) is 4.08. The molecule has 0 spiro atoms. The van der Waals surface area contributed by atoms with Crippen molar-refractivity contribution in [1.29, 1.82) is 0 Å². The van der Waals surface area contributed by atoms with E-state index in [2.05, 4.69) is 15.3 Å². The second-order valence-electron chi connectivity index (χ2n) is 6.24. The van der Waals surface area contributed by atoms with Gasteiger partial charge in [-0.2, -0.15) is 4.31 Å². The lowest BCUT2D eigenvalue weighted by molar-refractivity contribution is 0.0918. The van der Waals surface area contributed by atoms with Crippen molar-refractivity contribution >= 4 is 15.9 Å². The highest BCUT2D eigenvalue weighted by molar-refractivity contribution is 7.89. The van der Waals surface area contributed by atoms with E-state index < -0.39 is 10.0 Å². The first-order valence-electron chi connectivity index (χ1n) is 8.66. The van der Waals surface area contributed by atoms with Crippen LogP contribution < -0.4 is 5.32 Å². The minimum Gasteiger partial charge on any atom is -0.348 e. The minimum absolute atomic E-state index is 0.0709. The van der Waals surface area contributed by atoms with Crippen LogP contribution in [-0.2, 0) is 16.4 Å². The summed E-state index contributed by atoms with van der Waals surface area (Å²) in [5.41, 5.74) is 1.37. The van der Waals surface area contributed by atoms with E-state index in [1.807, 2.05) is 19.1 Å². The summed E-state index contributed by atoms with van der Waals surface area (Å²) < 4.78 is 27.0. The Balaban J connectivity index is 1.59. The second kappa shape index (κ2) is 7.92. The van der Waals surface area contributed by atoms with E-state index in [0.29, 0.717) is 30.8 Å². The van der Waals surface area contributed by atoms with Gasteiger partial charge in [-0.1, -0.05) is 19.1 Å². The van der Waals surface area contributed by atoms with Crippen LogP contribution in [0.4, 0.5) is 0 Å². The molecule has 7 nitrogen and oxygen atoms in total. The number of amides is 1. The van der Waals surface area contributed by atoms with Gasteiger partial charge >= 0.3 is 0 Å². The molecule has 0 atom stereocenters. The van der Waals surface area contributed by atoms with Crippen LogP contribution in [-0.4, -0.2) is 47.7 Å². The Hall–Kier alpha value is -2.32. The highest BCUT2D eigenvalue weighted by Crippen LogP contribution is 2.21. The normalized spacial score (nSPS) is 16.3. The van der Waals surface area contributed by atoms with Gasteiger partial charge in [0.2, 0.25) is 10.0 Å². The average molecular weight is 374 g/mol. The maximum Gasteiger partial charge on any atom is 0.271 e. The summed E-state index contributed by atoms with van der Waals surface area (Å²) in [4.78, 5) is 20.3. The number of aromatic nitrogens is 2. The van der Waals surface area contributed by atoms with Crippen molar-refractivity contribution in [1.82, 2.24) is 19.6 Å². The molecule has 1 fully saturated rings. The van der Waals surface area contributed by atoms with Crippen LogP contribution in [0.5, 0.6) is 0 Å². The standard InChI is InChI=1S/C18H22N4O3S/c1-2-14-3-5-16(6-4-14)26(24,25)22-11-7-15(8-12-22)21-18(23)17-13-19-9-10-20-17/h3-6,9-10,13,15H,2,7-8,11-12H2,1H3,(H,21,23). The molecule has 1 saturated heterocycles. The Morgan fingerprint density at radius 3 is 2.46 bits per heavy atom. The summed E-state index contributed by atoms with van der Waals surface area (Å²) in [5, 5.41) is 2.90. The number of piperidine rings is 1. The van der Waals surface area contributed by atoms with Gasteiger partial charge in [0, 0.05) is 31.5 Å². The van der Waals surface area contributed by atoms with E-state index in [0.717, 1.165) is 12.0 Å². The maximum atomic E-state index is 12.8. The van der Waals surface area contributed by atoms with Gasteiger partial charge in [0.1, 0.15) is 5.69 Å². The molecule has 26 heavy (non-hydrogen) atoms. The van der Waals surface area contributed by atoms with Gasteiger partial charge in [0.25, 0.3) is 5.91 Å². The maximum absolute atomic E-state index is 12.8. The van der Waals surface area contributed by atoms with Crippen molar-refractivity contribution in [3.8, 4) is 0 Å². The molecule has 0 bridgehead atoms. The van der Waals surface area contributed by atoms with Gasteiger partial charge in [0.05, 0.1) is 11.1 Å². The fourth-order valence-corrected chi connectivity index (χ4v) is 4.43. The van der Waals surface area contributed by atoms with Crippen LogP contribution in [0.25, 0.3) is 0 Å². The summed E-state index contributed by atoms with van der Waals surface area (Å²) >= 11 is 0. The molecule has 1 N–H and O–H groups in total. The zero-order valence-electron chi connectivity index (χ0n) is 14.6. The van der Waals surface area contributed by atoms with Crippen molar-refractivity contribution in [3.63, 3.8) is 0 Å². The number of sulfonamides is 1. The van der Waals surface area contributed by atoms with Crippen LogP contribution in [0.1, 0.15) is 35.8 Å². The van der Waals surface area contributed by atoms with Gasteiger partial charge in [-0.05, 0) is 37.0 Å². The lowest BCUT2D eigenvalue weighted by atomic mass is 10.1. The predicted molar refractivity (Wildman–Crippen MR) is 97.1 cm³/mol. The monoisotopic (exact) mass is 374 g/mol. The SMILES string of the molecule is CCc1ccc(S(=O)(=O)N2CCC(NC(=O)c3cnccn3)CC2)cc1. The Kier molecular flexibility index (Phi) is 5.63. The Morgan fingerprint density at radius 2 is 1.88 bits per heavy atom. The molecule has 2 heterocycles. The number of hydrogen-bond acceptors (Lipinski definition) is 5. The van der Waals surface area contributed by atoms with Gasteiger partial charge < -0.3 is 5.32 Å². The molecule has 1 amide bonds. The summed E-state index contributed by atoms with van der Waals surface area (Å²) in [7, 11) is -3.49. The first-order chi connectivity index (χ1) is 12.5. The molecular weight excluding hydrogens is 352 g/mol. The second-order valence-corrected chi connectivity index (χ2v) is 8.18. The molecular formula is C18H22N4O3S. The van der Waals surface area contributed by atoms with Gasteiger partial charge in [0.15, 0.2) is 0 Å². The number of carbonyl (C=O) groups is 1. The fraction of sp³-hybridized carbons (Fsp3) is 0.389. The molecule has 138 valence electrons. The number of nitrogens with zero attached hydrogens (tertiary/aromatic N) is 3. The van der Waals surface area contributed by atoms with Crippen molar-refractivity contribution in [3.05, 3.63) is 54.1 Å². The third-order valence-corrected chi connectivity index (χ3v) is 6.47. The summed E-state index contributed by atoms with van der Waals surface area (Å²) in [5.74, 6) is -0.283. The third-order valence-electron chi connectivity index (χ3n) is 4.55. The van der Waals surface area contributed by atoms with Gasteiger partial charge in [-0.15, -0.1) is 0 Å². The summed E-state index contributed by atoms with van der Waals surface area (Å²) in [6.45, 7) is 2.79. The molecule has 1 aromatic carbocycles. The van der Waals surface area contributed by atoms with Gasteiger partial charge in [-0.25, -0.2) is 13.4 Å². The van der Waals surface area contributed by atoms with Crippen molar-refractivity contribution < 1.29 is 13.2 Å². The van der Waals surface area contributed by atoms with E-state index in [1.54, 1.807) is 12.1 Å². The Labute approximate surface area is 153 Å². The number of hydrogen-bond donors (Lipinski definition) is 1. The van der Waals surface area contributed by atoms with Crippen LogP contribution in [0.2, 0.25) is 0 Å². The van der Waals surface area contributed by atoms with Crippen molar-refractivity contribution in [2.75, 3.05) is 13.1 Å². The smallest absolute Gasteiger partial charge is 0.271 e. The first kappa shape index (κ1) is 18.5. The quantitative estimate of drug-likeness (QED) is 0.859. The van der Waals surface area contributed by atoms with Crippen LogP contribution in [0.15, 0.2) is 47.8 Å². The van der Waals surface area contributed by atoms with Crippen LogP contribution >= 0.6 is 0 Å². The number of carbonyl (C=O) groups excluding carboxylic acids is 1. The average Bonchev–Trinajstić information content (AvgIpc) is 2.69. The van der Waals surface area contributed by atoms with Crippen molar-refractivity contribution in [2.45, 2.75) is 37.1 Å². The van der Waals surface area contributed by atoms with E-state index in [4.69, 9.17) is 0 Å². The minimum atomic E-state index is -3.49. The molecule has 1 aliphatic heterocycles.